The van der Waals surface area contributed by atoms with Crippen LogP contribution in [0.4, 0.5) is 4.39 Å². The SMILES string of the molecule is C[C@@H](NC(=O)C[C@H]1C=C[C@@H](NS(=O)(=O)c2cccc(F)c2)[C@@H](CO)O1)c1ccccc1. The van der Waals surface area contributed by atoms with Gasteiger partial charge in [0, 0.05) is 0 Å². The van der Waals surface area contributed by atoms with Crippen LogP contribution in [0, 0.1) is 5.82 Å². The summed E-state index contributed by atoms with van der Waals surface area (Å²) in [5, 5.41) is 12.6. The van der Waals surface area contributed by atoms with Gasteiger partial charge in [-0.1, -0.05) is 48.6 Å². The molecule has 1 aliphatic rings. The van der Waals surface area contributed by atoms with Crippen LogP contribution < -0.4 is 10.0 Å². The Morgan fingerprint density at radius 2 is 1.90 bits per heavy atom. The van der Waals surface area contributed by atoms with Gasteiger partial charge in [-0.2, -0.15) is 0 Å². The Morgan fingerprint density at radius 1 is 1.16 bits per heavy atom. The first-order chi connectivity index (χ1) is 14.8. The maximum atomic E-state index is 13.4. The topological polar surface area (TPSA) is 105 Å². The van der Waals surface area contributed by atoms with Crippen molar-refractivity contribution < 1.29 is 27.4 Å². The molecule has 0 saturated heterocycles. The summed E-state index contributed by atoms with van der Waals surface area (Å²) in [6, 6.07) is 13.1. The number of halogens is 1. The highest BCUT2D eigenvalue weighted by Crippen LogP contribution is 2.19. The average molecular weight is 449 g/mol. The minimum absolute atomic E-state index is 0.0214. The Balaban J connectivity index is 1.61. The second-order valence-corrected chi connectivity index (χ2v) is 9.00. The Bertz CT molecular complexity index is 1030. The molecule has 1 amide bonds. The number of hydrogen-bond donors (Lipinski definition) is 3. The van der Waals surface area contributed by atoms with Gasteiger partial charge in [-0.15, -0.1) is 0 Å². The second kappa shape index (κ2) is 10.1. The molecule has 4 atom stereocenters. The number of carbonyl (C=O) groups is 1. The third-order valence-corrected chi connectivity index (χ3v) is 6.38. The molecular formula is C22H25FN2O5S. The lowest BCUT2D eigenvalue weighted by Gasteiger charge is -2.31. The molecule has 3 rings (SSSR count). The molecule has 2 aromatic rings. The molecule has 0 radical (unpaired) electrons. The summed E-state index contributed by atoms with van der Waals surface area (Å²) in [6.45, 7) is 1.41. The van der Waals surface area contributed by atoms with E-state index >= 15 is 0 Å². The van der Waals surface area contributed by atoms with Crippen LogP contribution in [0.2, 0.25) is 0 Å². The molecule has 166 valence electrons. The quantitative estimate of drug-likeness (QED) is 0.536. The van der Waals surface area contributed by atoms with Gasteiger partial charge in [-0.25, -0.2) is 17.5 Å². The molecule has 7 nitrogen and oxygen atoms in total. The van der Waals surface area contributed by atoms with Crippen molar-refractivity contribution >= 4 is 15.9 Å². The number of nitrogens with one attached hydrogen (secondary N) is 2. The Labute approximate surface area is 181 Å². The first-order valence-corrected chi connectivity index (χ1v) is 11.3. The maximum absolute atomic E-state index is 13.4. The molecule has 31 heavy (non-hydrogen) atoms. The van der Waals surface area contributed by atoms with Crippen LogP contribution in [-0.4, -0.2) is 44.3 Å². The van der Waals surface area contributed by atoms with E-state index in [1.807, 2.05) is 37.3 Å². The number of hydrogen-bond acceptors (Lipinski definition) is 5. The molecule has 1 aliphatic heterocycles. The van der Waals surface area contributed by atoms with Crippen LogP contribution in [0.5, 0.6) is 0 Å². The predicted molar refractivity (Wildman–Crippen MR) is 113 cm³/mol. The number of rotatable bonds is 8. The van der Waals surface area contributed by atoms with Crippen molar-refractivity contribution in [3.8, 4) is 0 Å². The molecule has 0 saturated carbocycles. The molecule has 0 unspecified atom stereocenters. The summed E-state index contributed by atoms with van der Waals surface area (Å²) in [5.74, 6) is -0.908. The Morgan fingerprint density at radius 3 is 2.58 bits per heavy atom. The van der Waals surface area contributed by atoms with Gasteiger partial charge in [0.1, 0.15) is 11.9 Å². The van der Waals surface area contributed by atoms with Crippen LogP contribution in [0.3, 0.4) is 0 Å². The minimum atomic E-state index is -4.02. The summed E-state index contributed by atoms with van der Waals surface area (Å²) in [7, 11) is -4.02. The lowest BCUT2D eigenvalue weighted by molar-refractivity contribution is -0.125. The van der Waals surface area contributed by atoms with E-state index in [9.17, 15) is 22.7 Å². The smallest absolute Gasteiger partial charge is 0.241 e. The third-order valence-electron chi connectivity index (χ3n) is 4.92. The van der Waals surface area contributed by atoms with Gasteiger partial charge in [0.25, 0.3) is 0 Å². The Kier molecular flexibility index (Phi) is 7.55. The molecule has 1 heterocycles. The summed E-state index contributed by atoms with van der Waals surface area (Å²) in [5.41, 5.74) is 0.969. The molecule has 3 N–H and O–H groups in total. The molecule has 0 spiro atoms. The summed E-state index contributed by atoms with van der Waals surface area (Å²) >= 11 is 0. The van der Waals surface area contributed by atoms with Crippen LogP contribution in [0.1, 0.15) is 24.9 Å². The fraction of sp³-hybridized carbons (Fsp3) is 0.318. The number of aliphatic hydroxyl groups excluding tert-OH is 1. The van der Waals surface area contributed by atoms with E-state index in [0.717, 1.165) is 17.7 Å². The number of carbonyl (C=O) groups excluding carboxylic acids is 1. The van der Waals surface area contributed by atoms with Crippen LogP contribution in [0.25, 0.3) is 0 Å². The van der Waals surface area contributed by atoms with E-state index in [0.29, 0.717) is 0 Å². The van der Waals surface area contributed by atoms with Gasteiger partial charge in [0.2, 0.25) is 15.9 Å². The van der Waals surface area contributed by atoms with Gasteiger partial charge in [0.05, 0.1) is 36.1 Å². The third kappa shape index (κ3) is 6.20. The van der Waals surface area contributed by atoms with Crippen molar-refractivity contribution in [1.29, 1.82) is 0 Å². The number of aliphatic hydroxyl groups is 1. The first kappa shape index (κ1) is 23.1. The highest BCUT2D eigenvalue weighted by atomic mass is 32.2. The maximum Gasteiger partial charge on any atom is 0.241 e. The van der Waals surface area contributed by atoms with Crippen molar-refractivity contribution in [2.75, 3.05) is 6.61 Å². The zero-order valence-corrected chi connectivity index (χ0v) is 17.8. The van der Waals surface area contributed by atoms with Gasteiger partial charge < -0.3 is 15.2 Å². The van der Waals surface area contributed by atoms with Crippen molar-refractivity contribution in [2.45, 2.75) is 42.5 Å². The van der Waals surface area contributed by atoms with Crippen LogP contribution >= 0.6 is 0 Å². The predicted octanol–water partition coefficient (Wildman–Crippen LogP) is 2.06. The number of ether oxygens (including phenoxy) is 1. The standard InChI is InChI=1S/C22H25FN2O5S/c1-15(16-6-3-2-4-7-16)24-22(27)13-18-10-11-20(21(14-26)30-18)25-31(28,29)19-9-5-8-17(23)12-19/h2-12,15,18,20-21,25-26H,13-14H2,1H3,(H,24,27)/t15-,18-,20-,21-/m1/s1. The van der Waals surface area contributed by atoms with Crippen LogP contribution in [0.15, 0.2) is 71.6 Å². The highest BCUT2D eigenvalue weighted by molar-refractivity contribution is 7.89. The molecule has 0 bridgehead atoms. The molecule has 0 fully saturated rings. The van der Waals surface area contributed by atoms with Crippen molar-refractivity contribution in [1.82, 2.24) is 10.0 Å². The van der Waals surface area contributed by atoms with Crippen molar-refractivity contribution in [2.24, 2.45) is 0 Å². The first-order valence-electron chi connectivity index (χ1n) is 9.85. The van der Waals surface area contributed by atoms with Crippen molar-refractivity contribution in [3.05, 3.63) is 78.1 Å². The molecule has 0 aliphatic carbocycles. The zero-order valence-electron chi connectivity index (χ0n) is 16.9. The Hall–Kier alpha value is -2.59. The summed E-state index contributed by atoms with van der Waals surface area (Å²) in [4.78, 5) is 12.2. The molecule has 2 aromatic carbocycles. The molecule has 0 aromatic heterocycles. The summed E-state index contributed by atoms with van der Waals surface area (Å²) < 4.78 is 46.5. The number of sulfonamides is 1. The van der Waals surface area contributed by atoms with E-state index in [-0.39, 0.29) is 23.3 Å². The van der Waals surface area contributed by atoms with E-state index in [1.165, 1.54) is 12.1 Å². The molecular weight excluding hydrogens is 423 g/mol. The number of benzene rings is 2. The fourth-order valence-corrected chi connectivity index (χ4v) is 4.55. The van der Waals surface area contributed by atoms with E-state index in [4.69, 9.17) is 4.74 Å². The lowest BCUT2D eigenvalue weighted by Crippen LogP contribution is -2.49. The monoisotopic (exact) mass is 448 g/mol. The van der Waals surface area contributed by atoms with Gasteiger partial charge in [-0.05, 0) is 30.7 Å². The average Bonchev–Trinajstić information content (AvgIpc) is 2.75. The van der Waals surface area contributed by atoms with E-state index in [2.05, 4.69) is 10.0 Å². The van der Waals surface area contributed by atoms with Gasteiger partial charge in [0.15, 0.2) is 0 Å². The zero-order chi connectivity index (χ0) is 22.4. The van der Waals surface area contributed by atoms with Gasteiger partial charge >= 0.3 is 0 Å². The minimum Gasteiger partial charge on any atom is -0.394 e. The van der Waals surface area contributed by atoms with Gasteiger partial charge in [-0.3, -0.25) is 4.79 Å². The van der Waals surface area contributed by atoms with Crippen LogP contribution in [-0.2, 0) is 19.6 Å². The summed E-state index contributed by atoms with van der Waals surface area (Å²) in [6.07, 6.45) is 1.64. The molecule has 9 heteroatoms. The van der Waals surface area contributed by atoms with E-state index in [1.54, 1.807) is 12.2 Å². The highest BCUT2D eigenvalue weighted by Gasteiger charge is 2.31. The van der Waals surface area contributed by atoms with E-state index < -0.39 is 40.7 Å². The normalized spacial score (nSPS) is 22.1. The fourth-order valence-electron chi connectivity index (χ4n) is 3.30. The van der Waals surface area contributed by atoms with Crippen molar-refractivity contribution in [3.63, 3.8) is 0 Å². The largest absolute Gasteiger partial charge is 0.394 e. The number of amides is 1. The lowest BCUT2D eigenvalue weighted by atomic mass is 10.0. The second-order valence-electron chi connectivity index (χ2n) is 7.29.